The van der Waals surface area contributed by atoms with Gasteiger partial charge in [0.05, 0.1) is 0 Å². The fourth-order valence-electron chi connectivity index (χ4n) is 1.31. The molecule has 0 saturated heterocycles. The smallest absolute Gasteiger partial charge is 0.185 e. The van der Waals surface area contributed by atoms with Crippen molar-refractivity contribution in [1.82, 2.24) is 10.3 Å². The second kappa shape index (κ2) is 5.43. The molecule has 5 heteroatoms. The lowest BCUT2D eigenvalue weighted by Crippen LogP contribution is -2.11. The minimum atomic E-state index is 0.890. The Labute approximate surface area is 104 Å². The molecule has 2 aromatic heterocycles. The molecule has 0 aliphatic rings. The summed E-state index contributed by atoms with van der Waals surface area (Å²) in [6.45, 7) is 1.82. The molecule has 0 fully saturated rings. The zero-order chi connectivity index (χ0) is 11.4. The van der Waals surface area contributed by atoms with Crippen LogP contribution in [0.1, 0.15) is 10.4 Å². The first-order chi connectivity index (χ1) is 7.75. The van der Waals surface area contributed by atoms with Crippen LogP contribution in [0.3, 0.4) is 0 Å². The fraction of sp³-hybridized carbons (Fsp3) is 0.364. The highest BCUT2D eigenvalue weighted by Crippen LogP contribution is 2.20. The molecular formula is C11H15N3S2. The van der Waals surface area contributed by atoms with E-state index in [4.69, 9.17) is 0 Å². The second-order valence-electron chi connectivity index (χ2n) is 3.74. The average Bonchev–Trinajstić information content (AvgIpc) is 2.87. The number of aromatic nitrogens is 1. The standard InChI is InChI=1S/C11H15N3S2/c1-14(2)11-13-7-10(16-11)6-12-5-9-3-4-15-8-9/h3-4,7-8,12H,5-6H2,1-2H3. The zero-order valence-electron chi connectivity index (χ0n) is 9.43. The van der Waals surface area contributed by atoms with Crippen LogP contribution in [0.2, 0.25) is 0 Å². The van der Waals surface area contributed by atoms with Gasteiger partial charge in [-0.25, -0.2) is 4.98 Å². The molecular weight excluding hydrogens is 238 g/mol. The van der Waals surface area contributed by atoms with E-state index in [2.05, 4.69) is 27.1 Å². The third-order valence-corrected chi connectivity index (χ3v) is 4.03. The van der Waals surface area contributed by atoms with Crippen molar-refractivity contribution in [2.24, 2.45) is 0 Å². The number of thiazole rings is 1. The largest absolute Gasteiger partial charge is 0.354 e. The molecule has 1 N–H and O–H groups in total. The van der Waals surface area contributed by atoms with Crippen LogP contribution < -0.4 is 10.2 Å². The number of rotatable bonds is 5. The molecule has 2 rings (SSSR count). The van der Waals surface area contributed by atoms with Gasteiger partial charge in [-0.15, -0.1) is 11.3 Å². The van der Waals surface area contributed by atoms with E-state index < -0.39 is 0 Å². The monoisotopic (exact) mass is 253 g/mol. The molecule has 0 amide bonds. The van der Waals surface area contributed by atoms with Crippen LogP contribution in [0.4, 0.5) is 5.13 Å². The third kappa shape index (κ3) is 3.04. The summed E-state index contributed by atoms with van der Waals surface area (Å²) in [5.74, 6) is 0. The first kappa shape index (κ1) is 11.6. The fourth-order valence-corrected chi connectivity index (χ4v) is 2.78. The highest BCUT2D eigenvalue weighted by atomic mass is 32.1. The highest BCUT2D eigenvalue weighted by molar-refractivity contribution is 7.15. The number of nitrogens with one attached hydrogen (secondary N) is 1. The van der Waals surface area contributed by atoms with Crippen molar-refractivity contribution in [3.8, 4) is 0 Å². The molecule has 0 aliphatic carbocycles. The van der Waals surface area contributed by atoms with Crippen molar-refractivity contribution in [3.63, 3.8) is 0 Å². The Morgan fingerprint density at radius 2 is 2.25 bits per heavy atom. The third-order valence-electron chi connectivity index (χ3n) is 2.13. The molecule has 0 radical (unpaired) electrons. The molecule has 2 heterocycles. The second-order valence-corrected chi connectivity index (χ2v) is 5.61. The summed E-state index contributed by atoms with van der Waals surface area (Å²) in [4.78, 5) is 7.65. The molecule has 0 spiro atoms. The summed E-state index contributed by atoms with van der Waals surface area (Å²) < 4.78 is 0. The van der Waals surface area contributed by atoms with Gasteiger partial charge in [-0.1, -0.05) is 0 Å². The topological polar surface area (TPSA) is 28.2 Å². The SMILES string of the molecule is CN(C)c1ncc(CNCc2ccsc2)s1. The highest BCUT2D eigenvalue weighted by Gasteiger charge is 2.02. The Kier molecular flexibility index (Phi) is 3.93. The number of hydrogen-bond donors (Lipinski definition) is 1. The van der Waals surface area contributed by atoms with E-state index in [-0.39, 0.29) is 0 Å². The van der Waals surface area contributed by atoms with Crippen molar-refractivity contribution in [3.05, 3.63) is 33.5 Å². The van der Waals surface area contributed by atoms with Crippen LogP contribution in [0.15, 0.2) is 23.0 Å². The van der Waals surface area contributed by atoms with E-state index in [9.17, 15) is 0 Å². The Balaban J connectivity index is 1.81. The maximum Gasteiger partial charge on any atom is 0.185 e. The predicted octanol–water partition coefficient (Wildman–Crippen LogP) is 2.56. The van der Waals surface area contributed by atoms with Gasteiger partial charge >= 0.3 is 0 Å². The van der Waals surface area contributed by atoms with E-state index in [0.717, 1.165) is 18.2 Å². The lowest BCUT2D eigenvalue weighted by molar-refractivity contribution is 0.701. The predicted molar refractivity (Wildman–Crippen MR) is 71.3 cm³/mol. The van der Waals surface area contributed by atoms with Gasteiger partial charge < -0.3 is 10.2 Å². The van der Waals surface area contributed by atoms with Crippen LogP contribution >= 0.6 is 22.7 Å². The van der Waals surface area contributed by atoms with Gasteiger partial charge in [0.25, 0.3) is 0 Å². The zero-order valence-corrected chi connectivity index (χ0v) is 11.1. The van der Waals surface area contributed by atoms with Gasteiger partial charge in [-0.2, -0.15) is 11.3 Å². The van der Waals surface area contributed by atoms with Crippen molar-refractivity contribution in [2.75, 3.05) is 19.0 Å². The molecule has 86 valence electrons. The van der Waals surface area contributed by atoms with E-state index >= 15 is 0 Å². The molecule has 0 atom stereocenters. The summed E-state index contributed by atoms with van der Waals surface area (Å²) in [6.07, 6.45) is 1.95. The van der Waals surface area contributed by atoms with Crippen molar-refractivity contribution in [2.45, 2.75) is 13.1 Å². The molecule has 0 aliphatic heterocycles. The van der Waals surface area contributed by atoms with Gasteiger partial charge in [0.1, 0.15) is 0 Å². The van der Waals surface area contributed by atoms with Crippen LogP contribution in [0.5, 0.6) is 0 Å². The summed E-state index contributed by atoms with van der Waals surface area (Å²) in [5, 5.41) is 8.75. The first-order valence-electron chi connectivity index (χ1n) is 5.09. The van der Waals surface area contributed by atoms with E-state index in [1.807, 2.05) is 25.2 Å². The Bertz CT molecular complexity index is 420. The minimum Gasteiger partial charge on any atom is -0.354 e. The maximum atomic E-state index is 4.34. The van der Waals surface area contributed by atoms with E-state index in [1.54, 1.807) is 22.7 Å². The average molecular weight is 253 g/mol. The van der Waals surface area contributed by atoms with Crippen LogP contribution in [0.25, 0.3) is 0 Å². The molecule has 0 bridgehead atoms. The minimum absolute atomic E-state index is 0.890. The van der Waals surface area contributed by atoms with E-state index in [0.29, 0.717) is 0 Å². The Morgan fingerprint density at radius 1 is 1.38 bits per heavy atom. The summed E-state index contributed by atoms with van der Waals surface area (Å²) in [6, 6.07) is 2.15. The molecule has 0 saturated carbocycles. The van der Waals surface area contributed by atoms with Gasteiger partial charge in [0.15, 0.2) is 5.13 Å². The van der Waals surface area contributed by atoms with Crippen LogP contribution in [0, 0.1) is 0 Å². The number of hydrogen-bond acceptors (Lipinski definition) is 5. The molecule has 0 unspecified atom stereocenters. The molecule has 2 aromatic rings. The van der Waals surface area contributed by atoms with Crippen LogP contribution in [-0.2, 0) is 13.1 Å². The maximum absolute atomic E-state index is 4.34. The van der Waals surface area contributed by atoms with Crippen molar-refractivity contribution < 1.29 is 0 Å². The Hall–Kier alpha value is -0.910. The van der Waals surface area contributed by atoms with Gasteiger partial charge in [-0.05, 0) is 22.4 Å². The molecule has 3 nitrogen and oxygen atoms in total. The van der Waals surface area contributed by atoms with Gasteiger partial charge in [0, 0.05) is 38.3 Å². The van der Waals surface area contributed by atoms with Crippen LogP contribution in [-0.4, -0.2) is 19.1 Å². The first-order valence-corrected chi connectivity index (χ1v) is 6.85. The van der Waals surface area contributed by atoms with E-state index in [1.165, 1.54) is 10.4 Å². The number of anilines is 1. The van der Waals surface area contributed by atoms with Crippen molar-refractivity contribution in [1.29, 1.82) is 0 Å². The van der Waals surface area contributed by atoms with Gasteiger partial charge in [0.2, 0.25) is 0 Å². The molecule has 16 heavy (non-hydrogen) atoms. The Morgan fingerprint density at radius 3 is 2.88 bits per heavy atom. The molecule has 0 aromatic carbocycles. The number of thiophene rings is 1. The summed E-state index contributed by atoms with van der Waals surface area (Å²) in [7, 11) is 4.03. The summed E-state index contributed by atoms with van der Waals surface area (Å²) in [5.41, 5.74) is 1.35. The normalized spacial score (nSPS) is 10.6. The lowest BCUT2D eigenvalue weighted by Gasteiger charge is -2.05. The lowest BCUT2D eigenvalue weighted by atomic mass is 10.3. The number of nitrogens with zero attached hydrogens (tertiary/aromatic N) is 2. The van der Waals surface area contributed by atoms with Gasteiger partial charge in [-0.3, -0.25) is 0 Å². The summed E-state index contributed by atoms with van der Waals surface area (Å²) >= 11 is 3.47. The quantitative estimate of drug-likeness (QED) is 0.887. The van der Waals surface area contributed by atoms with Crippen molar-refractivity contribution >= 4 is 27.8 Å².